The Morgan fingerprint density at radius 3 is 2.86 bits per heavy atom. The molecule has 0 spiro atoms. The molecular weight excluding hydrogens is 358 g/mol. The maximum absolute atomic E-state index is 12.5. The summed E-state index contributed by atoms with van der Waals surface area (Å²) in [5.74, 6) is 4.13. The fourth-order valence-corrected chi connectivity index (χ4v) is 4.69. The molecule has 1 aliphatic carbocycles. The average molecular weight is 381 g/mol. The summed E-state index contributed by atoms with van der Waals surface area (Å²) in [5, 5.41) is 11.5. The number of hydrogen-bond donors (Lipinski definition) is 1. The maximum atomic E-state index is 12.5. The van der Waals surface area contributed by atoms with Crippen LogP contribution in [0.25, 0.3) is 0 Å². The summed E-state index contributed by atoms with van der Waals surface area (Å²) < 4.78 is 12.9. The lowest BCUT2D eigenvalue weighted by Crippen LogP contribution is -2.33. The number of benzene rings is 1. The van der Waals surface area contributed by atoms with Gasteiger partial charge in [0, 0.05) is 38.6 Å². The molecule has 0 bridgehead atoms. The molecule has 2 fully saturated rings. The molecule has 146 valence electrons. The lowest BCUT2D eigenvalue weighted by atomic mass is 9.89. The van der Waals surface area contributed by atoms with E-state index < -0.39 is 0 Å². The number of aromatic nitrogens is 3. The molecule has 2 aromatic rings. The Balaban J connectivity index is 1.15. The predicted octanol–water partition coefficient (Wildman–Crippen LogP) is 1.20. The average Bonchev–Trinajstić information content (AvgIpc) is 3.07. The second-order valence-corrected chi connectivity index (χ2v) is 8.40. The molecule has 28 heavy (non-hydrogen) atoms. The van der Waals surface area contributed by atoms with Crippen LogP contribution in [0, 0.1) is 11.8 Å². The van der Waals surface area contributed by atoms with Gasteiger partial charge >= 0.3 is 0 Å². The lowest BCUT2D eigenvalue weighted by molar-refractivity contribution is 0.0932. The third-order valence-electron chi connectivity index (χ3n) is 6.30. The minimum absolute atomic E-state index is 0.0742. The van der Waals surface area contributed by atoms with Gasteiger partial charge in [-0.25, -0.2) is 0 Å². The van der Waals surface area contributed by atoms with E-state index in [0.29, 0.717) is 30.5 Å². The number of nitrogens with one attached hydrogen (secondary N) is 1. The van der Waals surface area contributed by atoms with Gasteiger partial charge in [0.2, 0.25) is 12.6 Å². The number of ether oxygens (including phenoxy) is 2. The Morgan fingerprint density at radius 2 is 1.96 bits per heavy atom. The SMILES string of the molecule is O=C(NC1CC1)c1nnc2n1C[C@@H]1CN(Cc3ccc4c(c3)OCO4)C[C@H]1C2. The van der Waals surface area contributed by atoms with Crippen LogP contribution in [0.5, 0.6) is 11.5 Å². The van der Waals surface area contributed by atoms with Gasteiger partial charge in [-0.1, -0.05) is 6.07 Å². The molecule has 0 unspecified atom stereocenters. The summed E-state index contributed by atoms with van der Waals surface area (Å²) >= 11 is 0. The fraction of sp³-hybridized carbons (Fsp3) is 0.550. The zero-order valence-corrected chi connectivity index (χ0v) is 15.6. The first-order valence-electron chi connectivity index (χ1n) is 10.1. The van der Waals surface area contributed by atoms with Crippen LogP contribution >= 0.6 is 0 Å². The van der Waals surface area contributed by atoms with Crippen molar-refractivity contribution in [1.29, 1.82) is 0 Å². The van der Waals surface area contributed by atoms with E-state index in [2.05, 4.69) is 32.5 Å². The molecular formula is C20H23N5O3. The summed E-state index contributed by atoms with van der Waals surface area (Å²) in [4.78, 5) is 14.9. The first-order valence-corrected chi connectivity index (χ1v) is 10.1. The molecule has 4 aliphatic rings. The lowest BCUT2D eigenvalue weighted by Gasteiger charge is -2.25. The Kier molecular flexibility index (Phi) is 3.62. The van der Waals surface area contributed by atoms with Crippen molar-refractivity contribution in [3.63, 3.8) is 0 Å². The predicted molar refractivity (Wildman–Crippen MR) is 99.0 cm³/mol. The minimum atomic E-state index is -0.0742. The monoisotopic (exact) mass is 381 g/mol. The highest BCUT2D eigenvalue weighted by molar-refractivity contribution is 5.91. The third-order valence-corrected chi connectivity index (χ3v) is 6.30. The first-order chi connectivity index (χ1) is 13.7. The van der Waals surface area contributed by atoms with Crippen molar-refractivity contribution in [3.8, 4) is 11.5 Å². The number of likely N-dealkylation sites (tertiary alicyclic amines) is 1. The molecule has 1 N–H and O–H groups in total. The zero-order valence-electron chi connectivity index (χ0n) is 15.6. The van der Waals surface area contributed by atoms with E-state index in [-0.39, 0.29) is 5.91 Å². The molecule has 1 saturated carbocycles. The number of rotatable bonds is 4. The Hall–Kier alpha value is -2.61. The number of carbonyl (C=O) groups is 1. The Morgan fingerprint density at radius 1 is 1.11 bits per heavy atom. The summed E-state index contributed by atoms with van der Waals surface area (Å²) in [7, 11) is 0. The maximum Gasteiger partial charge on any atom is 0.289 e. The number of fused-ring (bicyclic) bond motifs is 3. The quantitative estimate of drug-likeness (QED) is 0.857. The molecule has 2 atom stereocenters. The number of hydrogen-bond acceptors (Lipinski definition) is 6. The highest BCUT2D eigenvalue weighted by atomic mass is 16.7. The summed E-state index contributed by atoms with van der Waals surface area (Å²) in [5.41, 5.74) is 1.24. The highest BCUT2D eigenvalue weighted by Gasteiger charge is 2.39. The van der Waals surface area contributed by atoms with Gasteiger partial charge in [0.1, 0.15) is 5.82 Å². The molecule has 6 rings (SSSR count). The van der Waals surface area contributed by atoms with E-state index in [9.17, 15) is 4.79 Å². The normalized spacial score (nSPS) is 25.4. The second kappa shape index (κ2) is 6.20. The largest absolute Gasteiger partial charge is 0.454 e. The van der Waals surface area contributed by atoms with E-state index in [1.54, 1.807) is 0 Å². The number of nitrogens with zero attached hydrogens (tertiary/aromatic N) is 4. The molecule has 0 radical (unpaired) electrons. The van der Waals surface area contributed by atoms with Crippen LogP contribution in [0.3, 0.4) is 0 Å². The molecule has 8 nitrogen and oxygen atoms in total. The van der Waals surface area contributed by atoms with Crippen LogP contribution in [0.4, 0.5) is 0 Å². The second-order valence-electron chi connectivity index (χ2n) is 8.40. The van der Waals surface area contributed by atoms with Crippen LogP contribution in [-0.2, 0) is 19.5 Å². The van der Waals surface area contributed by atoms with Crippen molar-refractivity contribution in [1.82, 2.24) is 25.0 Å². The van der Waals surface area contributed by atoms with Crippen molar-refractivity contribution in [2.45, 2.75) is 38.4 Å². The van der Waals surface area contributed by atoms with Crippen molar-refractivity contribution in [2.75, 3.05) is 19.9 Å². The van der Waals surface area contributed by atoms with Gasteiger partial charge in [-0.3, -0.25) is 9.69 Å². The molecule has 1 aromatic heterocycles. The van der Waals surface area contributed by atoms with Gasteiger partial charge in [0.25, 0.3) is 5.91 Å². The molecule has 3 aliphatic heterocycles. The van der Waals surface area contributed by atoms with Crippen molar-refractivity contribution in [2.24, 2.45) is 11.8 Å². The van der Waals surface area contributed by atoms with Crippen LogP contribution in [-0.4, -0.2) is 51.5 Å². The van der Waals surface area contributed by atoms with Crippen LogP contribution in [0.1, 0.15) is 34.8 Å². The van der Waals surface area contributed by atoms with Gasteiger partial charge in [-0.2, -0.15) is 0 Å². The molecule has 1 amide bonds. The van der Waals surface area contributed by atoms with Gasteiger partial charge in [-0.15, -0.1) is 10.2 Å². The molecule has 1 aromatic carbocycles. The van der Waals surface area contributed by atoms with E-state index in [4.69, 9.17) is 9.47 Å². The highest BCUT2D eigenvalue weighted by Crippen LogP contribution is 2.36. The fourth-order valence-electron chi connectivity index (χ4n) is 4.69. The minimum Gasteiger partial charge on any atom is -0.454 e. The number of carbonyl (C=O) groups excluding carboxylic acids is 1. The van der Waals surface area contributed by atoms with E-state index in [0.717, 1.165) is 62.8 Å². The zero-order chi connectivity index (χ0) is 18.7. The van der Waals surface area contributed by atoms with Gasteiger partial charge in [0.15, 0.2) is 11.5 Å². The van der Waals surface area contributed by atoms with Crippen molar-refractivity contribution in [3.05, 3.63) is 35.4 Å². The molecule has 1 saturated heterocycles. The van der Waals surface area contributed by atoms with Crippen LogP contribution < -0.4 is 14.8 Å². The summed E-state index contributed by atoms with van der Waals surface area (Å²) in [6, 6.07) is 6.53. The van der Waals surface area contributed by atoms with Crippen LogP contribution in [0.2, 0.25) is 0 Å². The van der Waals surface area contributed by atoms with Crippen LogP contribution in [0.15, 0.2) is 18.2 Å². The van der Waals surface area contributed by atoms with Gasteiger partial charge in [0.05, 0.1) is 0 Å². The third kappa shape index (κ3) is 2.83. The molecule has 8 heteroatoms. The summed E-state index contributed by atoms with van der Waals surface area (Å²) in [6.45, 7) is 4.12. The molecule has 4 heterocycles. The van der Waals surface area contributed by atoms with E-state index in [1.165, 1.54) is 5.56 Å². The van der Waals surface area contributed by atoms with E-state index in [1.807, 2.05) is 10.6 Å². The Labute approximate surface area is 162 Å². The number of amides is 1. The van der Waals surface area contributed by atoms with Gasteiger partial charge in [-0.05, 0) is 42.4 Å². The summed E-state index contributed by atoms with van der Waals surface area (Å²) in [6.07, 6.45) is 3.05. The van der Waals surface area contributed by atoms with Crippen molar-refractivity contribution < 1.29 is 14.3 Å². The van der Waals surface area contributed by atoms with Gasteiger partial charge < -0.3 is 19.4 Å². The van der Waals surface area contributed by atoms with Crippen molar-refractivity contribution >= 4 is 5.91 Å². The topological polar surface area (TPSA) is 81.5 Å². The first kappa shape index (κ1) is 16.4. The standard InChI is InChI=1S/C20H23N5O3/c26-20(21-15-2-3-15)19-23-22-18-6-13-8-24(9-14(13)10-25(18)19)7-12-1-4-16-17(5-12)28-11-27-16/h1,4-5,13-15H,2-3,6-11H2,(H,21,26)/t13-,14+/m1/s1. The van der Waals surface area contributed by atoms with E-state index >= 15 is 0 Å². The smallest absolute Gasteiger partial charge is 0.289 e. The Bertz CT molecular complexity index is 938.